The third-order valence-corrected chi connectivity index (χ3v) is 1.91. The quantitative estimate of drug-likeness (QED) is 0.376. The normalized spacial score (nSPS) is 15.5. The van der Waals surface area contributed by atoms with Crippen LogP contribution >= 0.6 is 0 Å². The van der Waals surface area contributed by atoms with Gasteiger partial charge in [0.2, 0.25) is 0 Å². The maximum Gasteiger partial charge on any atom is 0.147 e. The molecule has 2 aliphatic rings. The zero-order valence-electron chi connectivity index (χ0n) is 8.73. The van der Waals surface area contributed by atoms with E-state index in [-0.39, 0.29) is 32.2 Å². The van der Waals surface area contributed by atoms with Crippen molar-refractivity contribution < 1.29 is 12.4 Å². The number of rotatable bonds is 2. The van der Waals surface area contributed by atoms with Crippen molar-refractivity contribution in [3.05, 3.63) is 84.1 Å². The standard InChI is InChI=1S/C14H10.ClH.Ga/c1-3-7-13(8-4-1)11-12-14-9-5-2-6-10-14;;/h1-7,9,11-12H;1H;/p-1/b12-11-;;. The molecule has 0 aromatic heterocycles. The van der Waals surface area contributed by atoms with Crippen molar-refractivity contribution >= 4 is 19.8 Å². The molecule has 0 aromatic rings. The first-order valence-corrected chi connectivity index (χ1v) is 4.57. The molecule has 0 spiro atoms. The molecule has 0 aliphatic heterocycles. The Morgan fingerprint density at radius 1 is 1.25 bits per heavy atom. The number of allylic oxidation sites excluding steroid dienone is 11. The summed E-state index contributed by atoms with van der Waals surface area (Å²) in [4.78, 5) is 0. The number of hydrogen-bond acceptors (Lipinski definition) is 0. The van der Waals surface area contributed by atoms with Gasteiger partial charge in [-0.2, -0.15) is 18.6 Å². The Morgan fingerprint density at radius 3 is 2.75 bits per heavy atom. The maximum atomic E-state index is 3.14. The van der Waals surface area contributed by atoms with Crippen molar-refractivity contribution in [2.24, 2.45) is 0 Å². The molecule has 0 saturated heterocycles. The van der Waals surface area contributed by atoms with Gasteiger partial charge >= 0.3 is 0 Å². The molecule has 16 heavy (non-hydrogen) atoms. The van der Waals surface area contributed by atoms with Gasteiger partial charge in [0.05, 0.1) is 6.08 Å². The first-order valence-electron chi connectivity index (χ1n) is 4.57. The topological polar surface area (TPSA) is 0 Å². The van der Waals surface area contributed by atoms with Gasteiger partial charge in [0.25, 0.3) is 0 Å². The van der Waals surface area contributed by atoms with Crippen LogP contribution in [-0.4, -0.2) is 19.8 Å². The van der Waals surface area contributed by atoms with E-state index >= 15 is 0 Å². The fraction of sp³-hybridized carbons (Fsp3) is 0. The Kier molecular flexibility index (Phi) is 7.58. The average Bonchev–Trinajstić information content (AvgIpc) is 2.29. The van der Waals surface area contributed by atoms with Crippen LogP contribution in [0.5, 0.6) is 0 Å². The molecule has 0 saturated carbocycles. The number of halogens is 1. The van der Waals surface area contributed by atoms with E-state index in [9.17, 15) is 0 Å². The van der Waals surface area contributed by atoms with E-state index < -0.39 is 0 Å². The van der Waals surface area contributed by atoms with Crippen LogP contribution in [0.3, 0.4) is 0 Å². The summed E-state index contributed by atoms with van der Waals surface area (Å²) in [6.45, 7) is 0. The van der Waals surface area contributed by atoms with Gasteiger partial charge in [0.15, 0.2) is 0 Å². The molecule has 0 atom stereocenters. The van der Waals surface area contributed by atoms with Crippen molar-refractivity contribution in [3.8, 4) is 0 Å². The van der Waals surface area contributed by atoms with Crippen LogP contribution in [0.4, 0.5) is 0 Å². The van der Waals surface area contributed by atoms with Crippen molar-refractivity contribution in [1.29, 1.82) is 0 Å². The molecule has 2 rings (SSSR count). The van der Waals surface area contributed by atoms with Gasteiger partial charge in [0.1, 0.15) is 5.57 Å². The molecule has 3 radical (unpaired) electrons. The van der Waals surface area contributed by atoms with E-state index in [0.717, 1.165) is 11.1 Å². The molecule has 2 aliphatic carbocycles. The van der Waals surface area contributed by atoms with Crippen LogP contribution in [0.15, 0.2) is 71.6 Å². The van der Waals surface area contributed by atoms with E-state index in [4.69, 9.17) is 0 Å². The Balaban J connectivity index is 0.00000112. The minimum absolute atomic E-state index is 0. The van der Waals surface area contributed by atoms with Gasteiger partial charge in [-0.25, -0.2) is 0 Å². The molecule has 0 heterocycles. The molecular weight excluding hydrogens is 273 g/mol. The fourth-order valence-corrected chi connectivity index (χ4v) is 1.20. The first-order chi connectivity index (χ1) is 6.95. The van der Waals surface area contributed by atoms with Crippen molar-refractivity contribution in [2.75, 3.05) is 0 Å². The van der Waals surface area contributed by atoms with Gasteiger partial charge in [-0.1, -0.05) is 5.57 Å². The van der Waals surface area contributed by atoms with E-state index in [1.165, 1.54) is 0 Å². The maximum absolute atomic E-state index is 3.14. The average molecular weight is 283 g/mol. The summed E-state index contributed by atoms with van der Waals surface area (Å²) in [5.41, 5.74) is 5.31. The van der Waals surface area contributed by atoms with E-state index in [0.29, 0.717) is 0 Å². The monoisotopic (exact) mass is 282 g/mol. The van der Waals surface area contributed by atoms with Crippen LogP contribution in [0.2, 0.25) is 0 Å². The largest absolute Gasteiger partial charge is 1.00 e. The zero-order valence-corrected chi connectivity index (χ0v) is 11.9. The predicted octanol–water partition coefficient (Wildman–Crippen LogP) is -0.123. The van der Waals surface area contributed by atoms with Gasteiger partial charge in [0, 0.05) is 50.2 Å². The van der Waals surface area contributed by atoms with E-state index in [1.54, 1.807) is 0 Å². The van der Waals surface area contributed by atoms with Crippen LogP contribution in [0.25, 0.3) is 0 Å². The SMILES string of the molecule is C1=C[CH-]C=CC=1/C=C\C1=CC=CC=[C+]1.[Cl-].[Ga]. The molecule has 2 heteroatoms. The summed E-state index contributed by atoms with van der Waals surface area (Å²) in [7, 11) is 0. The molecule has 0 N–H and O–H groups in total. The Bertz CT molecular complexity index is 428. The molecule has 0 nitrogen and oxygen atoms in total. The zero-order chi connectivity index (χ0) is 9.64. The first kappa shape index (κ1) is 14.9. The Labute approximate surface area is 116 Å². The number of hydrogen-bond donors (Lipinski definition) is 0. The van der Waals surface area contributed by atoms with E-state index in [2.05, 4.69) is 11.8 Å². The summed E-state index contributed by atoms with van der Waals surface area (Å²) < 4.78 is 0. The second-order valence-electron chi connectivity index (χ2n) is 2.97. The van der Waals surface area contributed by atoms with Crippen molar-refractivity contribution in [3.63, 3.8) is 0 Å². The van der Waals surface area contributed by atoms with Gasteiger partial charge in [-0.15, -0.1) is 6.08 Å². The van der Waals surface area contributed by atoms with Crippen LogP contribution in [-0.2, 0) is 0 Å². The van der Waals surface area contributed by atoms with Crippen LogP contribution in [0, 0.1) is 12.5 Å². The minimum atomic E-state index is 0. The van der Waals surface area contributed by atoms with Crippen LogP contribution < -0.4 is 12.4 Å². The molecule has 0 bridgehead atoms. The smallest absolute Gasteiger partial charge is 0.147 e. The molecular formula is C14H10ClGa-. The Morgan fingerprint density at radius 2 is 2.12 bits per heavy atom. The molecule has 77 valence electrons. The Hall–Kier alpha value is -1.07. The third-order valence-electron chi connectivity index (χ3n) is 1.91. The minimum Gasteiger partial charge on any atom is -1.00 e. The van der Waals surface area contributed by atoms with Gasteiger partial charge in [-0.3, -0.25) is 5.73 Å². The summed E-state index contributed by atoms with van der Waals surface area (Å²) >= 11 is 0. The molecule has 0 aromatic carbocycles. The fourth-order valence-electron chi connectivity index (χ4n) is 1.20. The third kappa shape index (κ3) is 4.63. The second-order valence-corrected chi connectivity index (χ2v) is 2.97. The van der Waals surface area contributed by atoms with Crippen LogP contribution in [0.1, 0.15) is 0 Å². The van der Waals surface area contributed by atoms with E-state index in [1.807, 2.05) is 61.1 Å². The summed E-state index contributed by atoms with van der Waals surface area (Å²) in [5, 5.41) is 0. The summed E-state index contributed by atoms with van der Waals surface area (Å²) in [6, 6.07) is 0. The molecule has 0 amide bonds. The predicted molar refractivity (Wildman–Crippen MR) is 65.0 cm³/mol. The molecule has 0 unspecified atom stereocenters. The van der Waals surface area contributed by atoms with Crippen molar-refractivity contribution in [2.45, 2.75) is 0 Å². The summed E-state index contributed by atoms with van der Waals surface area (Å²) in [5.74, 6) is 0. The second kappa shape index (κ2) is 8.12. The molecule has 0 fully saturated rings. The van der Waals surface area contributed by atoms with Gasteiger partial charge < -0.3 is 12.4 Å². The van der Waals surface area contributed by atoms with Crippen molar-refractivity contribution in [1.82, 2.24) is 0 Å². The van der Waals surface area contributed by atoms with Gasteiger partial charge in [-0.05, 0) is 6.08 Å². The summed E-state index contributed by atoms with van der Waals surface area (Å²) in [6.07, 6.45) is 23.0.